The van der Waals surface area contributed by atoms with Gasteiger partial charge in [-0.3, -0.25) is 13.9 Å². The standard InChI is InChI=1S/C35H37Cl2N3O5S/c1-4-25(2)38-35(42)32(22-26-14-7-5-8-15-26)39(23-28-29(36)18-13-19-30(28)37)34(41)24-40(31-20-11-12-21-33(31)45-3)46(43,44)27-16-9-6-10-17-27/h5-21,25,32H,4,22-24H2,1-3H3,(H,38,42). The summed E-state index contributed by atoms with van der Waals surface area (Å²) >= 11 is 13.2. The second-order valence-corrected chi connectivity index (χ2v) is 13.4. The third-order valence-electron chi connectivity index (χ3n) is 7.63. The van der Waals surface area contributed by atoms with Gasteiger partial charge in [0.15, 0.2) is 0 Å². The summed E-state index contributed by atoms with van der Waals surface area (Å²) < 4.78 is 34.9. The summed E-state index contributed by atoms with van der Waals surface area (Å²) in [5.74, 6) is -0.767. The normalized spacial score (nSPS) is 12.5. The number of carbonyl (C=O) groups is 2. The summed E-state index contributed by atoms with van der Waals surface area (Å²) in [5, 5.41) is 3.63. The molecule has 0 saturated heterocycles. The molecule has 0 aliphatic carbocycles. The number of carbonyl (C=O) groups excluding carboxylic acids is 2. The summed E-state index contributed by atoms with van der Waals surface area (Å²) in [6.45, 7) is 3.04. The molecule has 46 heavy (non-hydrogen) atoms. The highest BCUT2D eigenvalue weighted by Gasteiger charge is 2.36. The van der Waals surface area contributed by atoms with E-state index in [1.54, 1.807) is 60.7 Å². The SMILES string of the molecule is CCC(C)NC(=O)C(Cc1ccccc1)N(Cc1c(Cl)cccc1Cl)C(=O)CN(c1ccccc1OC)S(=O)(=O)c1ccccc1. The van der Waals surface area contributed by atoms with Crippen molar-refractivity contribution in [2.24, 2.45) is 0 Å². The lowest BCUT2D eigenvalue weighted by molar-refractivity contribution is -0.140. The van der Waals surface area contributed by atoms with Crippen LogP contribution in [0.5, 0.6) is 5.75 Å². The molecule has 0 saturated carbocycles. The van der Waals surface area contributed by atoms with Gasteiger partial charge in [-0.05, 0) is 55.3 Å². The molecule has 0 fully saturated rings. The van der Waals surface area contributed by atoms with Crippen LogP contribution in [-0.2, 0) is 32.6 Å². The van der Waals surface area contributed by atoms with E-state index < -0.39 is 28.5 Å². The summed E-state index contributed by atoms with van der Waals surface area (Å²) in [4.78, 5) is 30.0. The summed E-state index contributed by atoms with van der Waals surface area (Å²) in [6.07, 6.45) is 0.835. The van der Waals surface area contributed by atoms with Crippen LogP contribution in [-0.4, -0.2) is 50.9 Å². The molecule has 242 valence electrons. The first-order valence-corrected chi connectivity index (χ1v) is 17.0. The maximum Gasteiger partial charge on any atom is 0.264 e. The Kier molecular flexibility index (Phi) is 12.1. The molecule has 0 heterocycles. The number of para-hydroxylation sites is 2. The first-order chi connectivity index (χ1) is 22.1. The van der Waals surface area contributed by atoms with Gasteiger partial charge in [0.1, 0.15) is 18.3 Å². The second-order valence-electron chi connectivity index (χ2n) is 10.7. The molecule has 8 nitrogen and oxygen atoms in total. The van der Waals surface area contributed by atoms with Crippen molar-refractivity contribution in [2.75, 3.05) is 18.0 Å². The zero-order valence-corrected chi connectivity index (χ0v) is 28.2. The minimum atomic E-state index is -4.28. The van der Waals surface area contributed by atoms with Crippen molar-refractivity contribution in [3.8, 4) is 5.75 Å². The van der Waals surface area contributed by atoms with Crippen LogP contribution in [0.15, 0.2) is 108 Å². The van der Waals surface area contributed by atoms with E-state index in [0.29, 0.717) is 22.0 Å². The fourth-order valence-corrected chi connectivity index (χ4v) is 6.88. The molecule has 4 aromatic rings. The molecule has 0 spiro atoms. The van der Waals surface area contributed by atoms with E-state index in [1.165, 1.54) is 24.1 Å². The number of nitrogens with zero attached hydrogens (tertiary/aromatic N) is 2. The number of hydrogen-bond donors (Lipinski definition) is 1. The first-order valence-electron chi connectivity index (χ1n) is 14.8. The van der Waals surface area contributed by atoms with E-state index in [9.17, 15) is 18.0 Å². The van der Waals surface area contributed by atoms with E-state index in [4.69, 9.17) is 27.9 Å². The molecular formula is C35H37Cl2N3O5S. The van der Waals surface area contributed by atoms with Gasteiger partial charge in [0.05, 0.1) is 17.7 Å². The van der Waals surface area contributed by atoms with E-state index in [0.717, 1.165) is 9.87 Å². The molecule has 2 unspecified atom stereocenters. The van der Waals surface area contributed by atoms with Crippen molar-refractivity contribution in [1.29, 1.82) is 0 Å². The minimum Gasteiger partial charge on any atom is -0.495 e. The van der Waals surface area contributed by atoms with Crippen molar-refractivity contribution in [2.45, 2.75) is 50.2 Å². The zero-order valence-electron chi connectivity index (χ0n) is 25.9. The van der Waals surface area contributed by atoms with Crippen LogP contribution in [0.4, 0.5) is 5.69 Å². The molecule has 0 aliphatic rings. The van der Waals surface area contributed by atoms with Crippen molar-refractivity contribution in [3.63, 3.8) is 0 Å². The Balaban J connectivity index is 1.86. The van der Waals surface area contributed by atoms with Crippen LogP contribution in [0, 0.1) is 0 Å². The zero-order chi connectivity index (χ0) is 33.3. The highest BCUT2D eigenvalue weighted by molar-refractivity contribution is 7.92. The number of benzene rings is 4. The Hall–Kier alpha value is -4.05. The lowest BCUT2D eigenvalue weighted by Crippen LogP contribution is -2.54. The van der Waals surface area contributed by atoms with E-state index in [2.05, 4.69) is 5.32 Å². The van der Waals surface area contributed by atoms with Gasteiger partial charge in [-0.25, -0.2) is 8.42 Å². The average molecular weight is 683 g/mol. The molecular weight excluding hydrogens is 645 g/mol. The predicted molar refractivity (Wildman–Crippen MR) is 183 cm³/mol. The van der Waals surface area contributed by atoms with Gasteiger partial charge in [-0.15, -0.1) is 0 Å². The Morgan fingerprint density at radius 3 is 2.04 bits per heavy atom. The Bertz CT molecular complexity index is 1720. The van der Waals surface area contributed by atoms with Gasteiger partial charge in [-0.2, -0.15) is 0 Å². The van der Waals surface area contributed by atoms with Gasteiger partial charge < -0.3 is 15.0 Å². The number of anilines is 1. The summed E-state index contributed by atoms with van der Waals surface area (Å²) in [7, 11) is -2.85. The topological polar surface area (TPSA) is 96.0 Å². The lowest BCUT2D eigenvalue weighted by atomic mass is 10.0. The highest BCUT2D eigenvalue weighted by Crippen LogP contribution is 2.33. The fraction of sp³-hybridized carbons (Fsp3) is 0.257. The van der Waals surface area contributed by atoms with Gasteiger partial charge in [0.25, 0.3) is 10.0 Å². The van der Waals surface area contributed by atoms with Crippen LogP contribution < -0.4 is 14.4 Å². The molecule has 0 aromatic heterocycles. The molecule has 0 radical (unpaired) electrons. The van der Waals surface area contributed by atoms with E-state index >= 15 is 0 Å². The monoisotopic (exact) mass is 681 g/mol. The van der Waals surface area contributed by atoms with Crippen molar-refractivity contribution < 1.29 is 22.7 Å². The van der Waals surface area contributed by atoms with Gasteiger partial charge >= 0.3 is 0 Å². The second kappa shape index (κ2) is 16.0. The molecule has 11 heteroatoms. The molecule has 0 bridgehead atoms. The van der Waals surface area contributed by atoms with Gasteiger partial charge in [0, 0.05) is 34.6 Å². The molecule has 4 aromatic carbocycles. The maximum atomic E-state index is 14.6. The Morgan fingerprint density at radius 1 is 0.848 bits per heavy atom. The highest BCUT2D eigenvalue weighted by atomic mass is 35.5. The number of methoxy groups -OCH3 is 1. The smallest absolute Gasteiger partial charge is 0.264 e. The fourth-order valence-electron chi connectivity index (χ4n) is 4.92. The molecule has 2 amide bonds. The van der Waals surface area contributed by atoms with Crippen LogP contribution in [0.25, 0.3) is 0 Å². The third-order valence-corrected chi connectivity index (χ3v) is 10.1. The number of hydrogen-bond acceptors (Lipinski definition) is 5. The van der Waals surface area contributed by atoms with Crippen molar-refractivity contribution >= 4 is 50.7 Å². The summed E-state index contributed by atoms with van der Waals surface area (Å²) in [6, 6.07) is 27.5. The molecule has 4 rings (SSSR count). The number of ether oxygens (including phenoxy) is 1. The van der Waals surface area contributed by atoms with Crippen LogP contribution in [0.3, 0.4) is 0 Å². The van der Waals surface area contributed by atoms with Crippen LogP contribution in [0.2, 0.25) is 10.0 Å². The third kappa shape index (κ3) is 8.40. The van der Waals surface area contributed by atoms with Crippen LogP contribution in [0.1, 0.15) is 31.4 Å². The van der Waals surface area contributed by atoms with E-state index in [-0.39, 0.29) is 41.2 Å². The quantitative estimate of drug-likeness (QED) is 0.159. The van der Waals surface area contributed by atoms with Crippen LogP contribution >= 0.6 is 23.2 Å². The molecule has 0 aliphatic heterocycles. The number of rotatable bonds is 14. The van der Waals surface area contributed by atoms with Gasteiger partial charge in [-0.1, -0.05) is 96.9 Å². The number of halogens is 2. The largest absolute Gasteiger partial charge is 0.495 e. The molecule has 1 N–H and O–H groups in total. The summed E-state index contributed by atoms with van der Waals surface area (Å²) in [5.41, 5.74) is 1.42. The van der Waals surface area contributed by atoms with Gasteiger partial charge in [0.2, 0.25) is 11.8 Å². The first kappa shape index (κ1) is 34.8. The predicted octanol–water partition coefficient (Wildman–Crippen LogP) is 6.75. The average Bonchev–Trinajstić information content (AvgIpc) is 3.06. The Morgan fingerprint density at radius 2 is 1.43 bits per heavy atom. The molecule has 2 atom stereocenters. The number of nitrogens with one attached hydrogen (secondary N) is 1. The number of amides is 2. The maximum absolute atomic E-state index is 14.6. The lowest BCUT2D eigenvalue weighted by Gasteiger charge is -2.35. The number of sulfonamides is 1. The minimum absolute atomic E-state index is 0.00949. The Labute approximate surface area is 280 Å². The van der Waals surface area contributed by atoms with Crippen molar-refractivity contribution in [3.05, 3.63) is 124 Å². The van der Waals surface area contributed by atoms with Crippen molar-refractivity contribution in [1.82, 2.24) is 10.2 Å². The van der Waals surface area contributed by atoms with E-state index in [1.807, 2.05) is 44.2 Å².